The minimum absolute atomic E-state index is 0.918. The van der Waals surface area contributed by atoms with E-state index in [0.717, 1.165) is 24.3 Å². The Bertz CT molecular complexity index is 587. The third-order valence-corrected chi connectivity index (χ3v) is 3.71. The molecule has 0 aliphatic rings. The summed E-state index contributed by atoms with van der Waals surface area (Å²) in [6.45, 7) is 6.41. The number of benzene rings is 1. The summed E-state index contributed by atoms with van der Waals surface area (Å²) in [5.74, 6) is 0.971. The van der Waals surface area contributed by atoms with Gasteiger partial charge in [0.1, 0.15) is 5.75 Å². The fraction of sp³-hybridized carbons (Fsp3) is 0.467. The molecule has 1 aromatic carbocycles. The van der Waals surface area contributed by atoms with E-state index in [-0.39, 0.29) is 0 Å². The summed E-state index contributed by atoms with van der Waals surface area (Å²) in [7, 11) is 3.62. The molecule has 0 aliphatic carbocycles. The molecule has 0 atom stereocenters. The number of nitrogens with zero attached hydrogens (tertiary/aromatic N) is 3. The lowest BCUT2D eigenvalue weighted by Gasteiger charge is -2.15. The smallest absolute Gasteiger partial charge is 0.122 e. The van der Waals surface area contributed by atoms with Crippen molar-refractivity contribution in [3.05, 3.63) is 40.2 Å². The van der Waals surface area contributed by atoms with Crippen molar-refractivity contribution in [3.63, 3.8) is 0 Å². The van der Waals surface area contributed by atoms with Gasteiger partial charge < -0.3 is 4.74 Å². The van der Waals surface area contributed by atoms with Gasteiger partial charge in [0, 0.05) is 13.2 Å². The van der Waals surface area contributed by atoms with E-state index in [0.29, 0.717) is 0 Å². The Hall–Kier alpha value is -1.84. The van der Waals surface area contributed by atoms with Crippen LogP contribution in [0.5, 0.6) is 5.75 Å². The molecule has 0 N–H and O–H groups in total. The molecule has 0 saturated carbocycles. The molecule has 4 heteroatoms. The highest BCUT2D eigenvalue weighted by atomic mass is 16.5. The molecule has 2 aromatic rings. The maximum absolute atomic E-state index is 5.40. The van der Waals surface area contributed by atoms with Crippen LogP contribution >= 0.6 is 0 Å². The van der Waals surface area contributed by atoms with Crippen LogP contribution < -0.4 is 4.74 Å². The van der Waals surface area contributed by atoms with Crippen LogP contribution in [0, 0.1) is 20.8 Å². The Morgan fingerprint density at radius 1 is 1.16 bits per heavy atom. The van der Waals surface area contributed by atoms with Crippen LogP contribution in [-0.2, 0) is 19.9 Å². The summed E-state index contributed by atoms with van der Waals surface area (Å²) >= 11 is 0. The third kappa shape index (κ3) is 2.78. The van der Waals surface area contributed by atoms with Gasteiger partial charge in [-0.25, -0.2) is 0 Å². The fourth-order valence-corrected chi connectivity index (χ4v) is 2.46. The molecule has 1 aromatic heterocycles. The lowest BCUT2D eigenvalue weighted by atomic mass is 9.94. The number of aromatic nitrogens is 3. The molecule has 4 nitrogen and oxygen atoms in total. The highest BCUT2D eigenvalue weighted by molar-refractivity contribution is 5.48. The van der Waals surface area contributed by atoms with E-state index in [4.69, 9.17) is 4.74 Å². The van der Waals surface area contributed by atoms with Crippen LogP contribution in [0.15, 0.2) is 12.3 Å². The van der Waals surface area contributed by atoms with Gasteiger partial charge in [0.05, 0.1) is 12.8 Å². The summed E-state index contributed by atoms with van der Waals surface area (Å²) in [5, 5.41) is 8.10. The molecule has 1 heterocycles. The number of aryl methyl sites for hydroxylation is 3. The predicted molar refractivity (Wildman–Crippen MR) is 75.6 cm³/mol. The van der Waals surface area contributed by atoms with Crippen LogP contribution in [0.3, 0.4) is 0 Å². The van der Waals surface area contributed by atoms with E-state index >= 15 is 0 Å². The van der Waals surface area contributed by atoms with E-state index in [1.165, 1.54) is 22.3 Å². The monoisotopic (exact) mass is 259 g/mol. The number of rotatable bonds is 4. The number of hydrogen-bond donors (Lipinski definition) is 0. The van der Waals surface area contributed by atoms with Crippen molar-refractivity contribution in [2.24, 2.45) is 7.05 Å². The number of hydrogen-bond acceptors (Lipinski definition) is 3. The average Bonchev–Trinajstić information content (AvgIpc) is 2.79. The first-order valence-corrected chi connectivity index (χ1v) is 6.51. The van der Waals surface area contributed by atoms with Crippen LogP contribution in [0.2, 0.25) is 0 Å². The Labute approximate surface area is 114 Å². The van der Waals surface area contributed by atoms with Gasteiger partial charge in [-0.3, -0.25) is 4.68 Å². The zero-order chi connectivity index (χ0) is 14.0. The molecule has 0 bridgehead atoms. The molecule has 19 heavy (non-hydrogen) atoms. The van der Waals surface area contributed by atoms with Gasteiger partial charge >= 0.3 is 0 Å². The largest absolute Gasteiger partial charge is 0.496 e. The zero-order valence-corrected chi connectivity index (χ0v) is 12.3. The normalized spacial score (nSPS) is 10.8. The standard InChI is InChI=1S/C15H21N3O/c1-10-8-15(19-5)12(3)11(2)14(10)7-6-13-9-18(4)17-16-13/h8-9H,6-7H2,1-5H3. The lowest BCUT2D eigenvalue weighted by molar-refractivity contribution is 0.410. The van der Waals surface area contributed by atoms with Gasteiger partial charge in [0.15, 0.2) is 0 Å². The van der Waals surface area contributed by atoms with E-state index in [1.807, 2.05) is 13.2 Å². The van der Waals surface area contributed by atoms with E-state index in [2.05, 4.69) is 37.1 Å². The van der Waals surface area contributed by atoms with Crippen LogP contribution in [0.25, 0.3) is 0 Å². The van der Waals surface area contributed by atoms with Crippen LogP contribution in [0.4, 0.5) is 0 Å². The molecule has 0 amide bonds. The maximum atomic E-state index is 5.40. The molecule has 0 aliphatic heterocycles. The quantitative estimate of drug-likeness (QED) is 0.847. The minimum atomic E-state index is 0.918. The Morgan fingerprint density at radius 3 is 2.47 bits per heavy atom. The van der Waals surface area contributed by atoms with Crippen molar-refractivity contribution in [3.8, 4) is 5.75 Å². The third-order valence-electron chi connectivity index (χ3n) is 3.71. The number of ether oxygens (including phenoxy) is 1. The Balaban J connectivity index is 2.23. The molecule has 0 saturated heterocycles. The SMILES string of the molecule is COc1cc(C)c(CCc2cn(C)nn2)c(C)c1C. The maximum Gasteiger partial charge on any atom is 0.122 e. The topological polar surface area (TPSA) is 39.9 Å². The fourth-order valence-electron chi connectivity index (χ4n) is 2.46. The molecular formula is C15H21N3O. The van der Waals surface area contributed by atoms with Gasteiger partial charge in [-0.05, 0) is 61.9 Å². The predicted octanol–water partition coefficient (Wildman–Crippen LogP) is 2.53. The first kappa shape index (κ1) is 13.6. The zero-order valence-electron chi connectivity index (χ0n) is 12.3. The number of methoxy groups -OCH3 is 1. The van der Waals surface area contributed by atoms with Crippen molar-refractivity contribution in [2.45, 2.75) is 33.6 Å². The molecule has 0 unspecified atom stereocenters. The van der Waals surface area contributed by atoms with Crippen LogP contribution in [-0.4, -0.2) is 22.1 Å². The van der Waals surface area contributed by atoms with Gasteiger partial charge in [-0.1, -0.05) is 5.21 Å². The van der Waals surface area contributed by atoms with Gasteiger partial charge in [0.25, 0.3) is 0 Å². The van der Waals surface area contributed by atoms with Crippen molar-refractivity contribution in [2.75, 3.05) is 7.11 Å². The Kier molecular flexibility index (Phi) is 3.88. The second kappa shape index (κ2) is 5.43. The van der Waals surface area contributed by atoms with Gasteiger partial charge in [0.2, 0.25) is 0 Å². The Morgan fingerprint density at radius 2 is 1.89 bits per heavy atom. The molecule has 0 radical (unpaired) electrons. The van der Waals surface area contributed by atoms with Crippen molar-refractivity contribution in [1.82, 2.24) is 15.0 Å². The van der Waals surface area contributed by atoms with E-state index in [1.54, 1.807) is 11.8 Å². The summed E-state index contributed by atoms with van der Waals surface area (Å²) in [6, 6.07) is 2.12. The molecule has 102 valence electrons. The highest BCUT2D eigenvalue weighted by Crippen LogP contribution is 2.28. The van der Waals surface area contributed by atoms with Crippen LogP contribution in [0.1, 0.15) is 27.9 Å². The lowest BCUT2D eigenvalue weighted by Crippen LogP contribution is -2.02. The second-order valence-electron chi connectivity index (χ2n) is 5.01. The van der Waals surface area contributed by atoms with Gasteiger partial charge in [-0.15, -0.1) is 5.10 Å². The van der Waals surface area contributed by atoms with Crippen molar-refractivity contribution in [1.29, 1.82) is 0 Å². The van der Waals surface area contributed by atoms with Crippen molar-refractivity contribution < 1.29 is 4.74 Å². The van der Waals surface area contributed by atoms with E-state index in [9.17, 15) is 0 Å². The highest BCUT2D eigenvalue weighted by Gasteiger charge is 2.11. The first-order valence-electron chi connectivity index (χ1n) is 6.51. The molecule has 0 fully saturated rings. The van der Waals surface area contributed by atoms with Gasteiger partial charge in [-0.2, -0.15) is 0 Å². The second-order valence-corrected chi connectivity index (χ2v) is 5.01. The summed E-state index contributed by atoms with van der Waals surface area (Å²) in [6.07, 6.45) is 3.88. The van der Waals surface area contributed by atoms with Crippen molar-refractivity contribution >= 4 is 0 Å². The molecule has 0 spiro atoms. The summed E-state index contributed by atoms with van der Waals surface area (Å²) in [5.41, 5.74) is 6.26. The summed E-state index contributed by atoms with van der Waals surface area (Å²) in [4.78, 5) is 0. The first-order chi connectivity index (χ1) is 9.02. The molecular weight excluding hydrogens is 238 g/mol. The molecule has 2 rings (SSSR count). The average molecular weight is 259 g/mol. The van der Waals surface area contributed by atoms with E-state index < -0.39 is 0 Å². The summed E-state index contributed by atoms with van der Waals surface area (Å²) < 4.78 is 7.15. The minimum Gasteiger partial charge on any atom is -0.496 e.